The first-order valence-corrected chi connectivity index (χ1v) is 19.1. The number of para-hydroxylation sites is 1. The molecule has 0 aromatic heterocycles. The van der Waals surface area contributed by atoms with Crippen LogP contribution in [0, 0.1) is 5.92 Å². The van der Waals surface area contributed by atoms with Gasteiger partial charge in [-0.25, -0.2) is 14.4 Å². The molecule has 1 heterocycles. The molecule has 13 nitrogen and oxygen atoms in total. The van der Waals surface area contributed by atoms with E-state index in [0.29, 0.717) is 16.7 Å². The lowest BCUT2D eigenvalue weighted by atomic mass is 9.97. The third-order valence-electron chi connectivity index (χ3n) is 7.80. The van der Waals surface area contributed by atoms with Crippen molar-refractivity contribution in [3.8, 4) is 0 Å². The molecule has 0 spiro atoms. The zero-order valence-electron chi connectivity index (χ0n) is 31.9. The number of benzodiazepines with no additional fused rings is 1. The molecule has 4 rings (SSSR count). The second-order valence-corrected chi connectivity index (χ2v) is 16.5. The summed E-state index contributed by atoms with van der Waals surface area (Å²) in [4.78, 5) is 58.3. The Hall–Kier alpha value is -4.89. The second kappa shape index (κ2) is 17.9. The number of rotatable bonds is 15. The van der Waals surface area contributed by atoms with Gasteiger partial charge in [-0.2, -0.15) is 13.2 Å². The number of benzene rings is 3. The van der Waals surface area contributed by atoms with Gasteiger partial charge in [0.15, 0.2) is 6.73 Å². The maximum atomic E-state index is 14.2. The van der Waals surface area contributed by atoms with Gasteiger partial charge in [0.2, 0.25) is 18.0 Å². The van der Waals surface area contributed by atoms with Crippen molar-refractivity contribution >= 4 is 42.9 Å². The molecule has 0 unspecified atom stereocenters. The lowest BCUT2D eigenvalue weighted by molar-refractivity contribution is -0.143. The molecule has 17 heteroatoms. The number of amides is 3. The van der Waals surface area contributed by atoms with Crippen LogP contribution < -0.4 is 16.0 Å². The van der Waals surface area contributed by atoms with Gasteiger partial charge in [0.1, 0.15) is 0 Å². The van der Waals surface area contributed by atoms with E-state index in [0.717, 1.165) is 4.90 Å². The van der Waals surface area contributed by atoms with E-state index >= 15 is 0 Å². The topological polar surface area (TPSA) is 176 Å². The Morgan fingerprint density at radius 1 is 0.893 bits per heavy atom. The summed E-state index contributed by atoms with van der Waals surface area (Å²) in [5.74, 6) is -5.25. The Morgan fingerprint density at radius 3 is 2.05 bits per heavy atom. The van der Waals surface area contributed by atoms with E-state index in [1.165, 1.54) is 12.1 Å². The van der Waals surface area contributed by atoms with Crippen LogP contribution in [0.25, 0.3) is 0 Å². The smallest absolute Gasteiger partial charge is 0.440 e. The quantitative estimate of drug-likeness (QED) is 0.119. The van der Waals surface area contributed by atoms with Gasteiger partial charge in [0.25, 0.3) is 5.91 Å². The van der Waals surface area contributed by atoms with Crippen LogP contribution in [0.5, 0.6) is 0 Å². The number of phosphoric ester groups is 1. The monoisotopic (exact) mass is 802 g/mol. The number of alkyl halides is 3. The van der Waals surface area contributed by atoms with Crippen molar-refractivity contribution in [1.82, 2.24) is 5.32 Å². The van der Waals surface area contributed by atoms with Crippen LogP contribution in [-0.4, -0.2) is 59.7 Å². The number of phosphoric acid groups is 1. The Labute approximate surface area is 323 Å². The standard InChI is InChI=1S/C39H46F3N4O9P/c1-37(2,3)54-56(51,55-38(4,5)6)53-23-25-16-18-27(19-17-25)36(50)52-24-46-30-15-11-10-14-29(30)32(26-12-8-7-9-13-26)44-33(35(46)49)45-34(48)28(22-31(43)47)20-21-39(40,41)42/h7-19,28,33H,20-24H2,1-6H3,(H2,43,47)(H,45,48)/t28-,33-/m1/s1. The summed E-state index contributed by atoms with van der Waals surface area (Å²) in [5.41, 5.74) is 5.70. The van der Waals surface area contributed by atoms with Gasteiger partial charge in [0.05, 0.1) is 34.8 Å². The fraction of sp³-hybridized carbons (Fsp3) is 0.410. The van der Waals surface area contributed by atoms with Crippen LogP contribution >= 0.6 is 7.82 Å². The molecule has 1 aliphatic rings. The van der Waals surface area contributed by atoms with Crippen molar-refractivity contribution < 1.29 is 55.2 Å². The van der Waals surface area contributed by atoms with E-state index in [2.05, 4.69) is 10.3 Å². The predicted octanol–water partition coefficient (Wildman–Crippen LogP) is 7.22. The molecular formula is C39H46F3N4O9P. The minimum atomic E-state index is -4.62. The van der Waals surface area contributed by atoms with Crippen molar-refractivity contribution in [3.63, 3.8) is 0 Å². The third-order valence-corrected chi connectivity index (χ3v) is 9.79. The van der Waals surface area contributed by atoms with Crippen LogP contribution in [-0.2, 0) is 43.9 Å². The summed E-state index contributed by atoms with van der Waals surface area (Å²) >= 11 is 0. The van der Waals surface area contributed by atoms with Crippen LogP contribution in [0.3, 0.4) is 0 Å². The second-order valence-electron chi connectivity index (χ2n) is 14.9. The van der Waals surface area contributed by atoms with Gasteiger partial charge in [-0.1, -0.05) is 60.7 Å². The highest BCUT2D eigenvalue weighted by Gasteiger charge is 2.38. The molecule has 0 saturated carbocycles. The fourth-order valence-electron chi connectivity index (χ4n) is 5.48. The summed E-state index contributed by atoms with van der Waals surface area (Å²) in [6.07, 6.45) is -9.13. The predicted molar refractivity (Wildman–Crippen MR) is 201 cm³/mol. The molecule has 3 amide bonds. The zero-order chi connectivity index (χ0) is 41.5. The molecular weight excluding hydrogens is 756 g/mol. The van der Waals surface area contributed by atoms with Gasteiger partial charge in [-0.3, -0.25) is 32.9 Å². The highest BCUT2D eigenvalue weighted by molar-refractivity contribution is 7.48. The van der Waals surface area contributed by atoms with E-state index in [9.17, 15) is 36.9 Å². The number of nitrogens with two attached hydrogens (primary N) is 1. The average Bonchev–Trinajstić information content (AvgIpc) is 3.20. The van der Waals surface area contributed by atoms with Crippen molar-refractivity contribution in [2.24, 2.45) is 16.6 Å². The number of fused-ring (bicyclic) bond motifs is 1. The normalized spacial score (nSPS) is 15.7. The van der Waals surface area contributed by atoms with Gasteiger partial charge in [-0.05, 0) is 71.7 Å². The maximum Gasteiger partial charge on any atom is 0.476 e. The molecule has 3 aromatic rings. The molecule has 3 aromatic carbocycles. The summed E-state index contributed by atoms with van der Waals surface area (Å²) in [6.45, 7) is 9.44. The van der Waals surface area contributed by atoms with Crippen LogP contribution in [0.4, 0.5) is 18.9 Å². The fourth-order valence-corrected chi connectivity index (χ4v) is 7.27. The number of carbonyl (C=O) groups is 4. The number of anilines is 1. The Kier molecular flexibility index (Phi) is 14.0. The zero-order valence-corrected chi connectivity index (χ0v) is 32.8. The SMILES string of the molecule is CC(C)(C)OP(=O)(OCc1ccc(C(=O)OCN2C(=O)[C@@H](NC(=O)[C@H](CCC(F)(F)F)CC(N)=O)N=C(c3ccccc3)c3ccccc32)cc1)OC(C)(C)C. The van der Waals surface area contributed by atoms with Gasteiger partial charge in [0, 0.05) is 29.9 Å². The Morgan fingerprint density at radius 2 is 1.48 bits per heavy atom. The third kappa shape index (κ3) is 13.1. The summed E-state index contributed by atoms with van der Waals surface area (Å²) in [7, 11) is -4.01. The van der Waals surface area contributed by atoms with E-state index in [1.54, 1.807) is 108 Å². The molecule has 56 heavy (non-hydrogen) atoms. The number of hydrogen-bond acceptors (Lipinski definition) is 10. The van der Waals surface area contributed by atoms with Gasteiger partial charge < -0.3 is 15.8 Å². The molecule has 1 aliphatic heterocycles. The molecule has 3 N–H and O–H groups in total. The first kappa shape index (κ1) is 43.8. The summed E-state index contributed by atoms with van der Waals surface area (Å²) < 4.78 is 75.2. The number of carbonyl (C=O) groups excluding carboxylic acids is 4. The number of ether oxygens (including phenoxy) is 1. The van der Waals surface area contributed by atoms with Crippen LogP contribution in [0.2, 0.25) is 0 Å². The molecule has 2 atom stereocenters. The first-order chi connectivity index (χ1) is 26.0. The van der Waals surface area contributed by atoms with Crippen molar-refractivity contribution in [2.45, 2.75) is 91.0 Å². The first-order valence-electron chi connectivity index (χ1n) is 17.6. The van der Waals surface area contributed by atoms with E-state index in [4.69, 9.17) is 24.0 Å². The van der Waals surface area contributed by atoms with E-state index in [-0.39, 0.29) is 23.6 Å². The number of aliphatic imine (C=N–C) groups is 1. The number of hydrogen-bond donors (Lipinski definition) is 2. The number of nitrogens with one attached hydrogen (secondary N) is 1. The van der Waals surface area contributed by atoms with Crippen LogP contribution in [0.1, 0.15) is 87.9 Å². The number of esters is 1. The van der Waals surface area contributed by atoms with E-state index in [1.807, 2.05) is 0 Å². The number of halogens is 3. The Balaban J connectivity index is 1.58. The molecule has 302 valence electrons. The van der Waals surface area contributed by atoms with Crippen molar-refractivity contribution in [2.75, 3.05) is 11.6 Å². The molecule has 0 saturated heterocycles. The van der Waals surface area contributed by atoms with Gasteiger partial charge in [-0.15, -0.1) is 0 Å². The van der Waals surface area contributed by atoms with Gasteiger partial charge >= 0.3 is 20.0 Å². The molecule has 0 radical (unpaired) electrons. The minimum Gasteiger partial charge on any atom is -0.440 e. The molecule has 0 aliphatic carbocycles. The largest absolute Gasteiger partial charge is 0.476 e. The Bertz CT molecular complexity index is 1940. The average molecular weight is 803 g/mol. The molecule has 0 fully saturated rings. The number of primary amides is 1. The number of nitrogens with zero attached hydrogens (tertiary/aromatic N) is 2. The summed E-state index contributed by atoms with van der Waals surface area (Å²) in [6, 6.07) is 21.2. The summed E-state index contributed by atoms with van der Waals surface area (Å²) in [5, 5.41) is 2.40. The highest BCUT2D eigenvalue weighted by Crippen LogP contribution is 2.55. The minimum absolute atomic E-state index is 0.0920. The highest BCUT2D eigenvalue weighted by atomic mass is 31.2. The molecule has 0 bridgehead atoms. The van der Waals surface area contributed by atoms with Crippen molar-refractivity contribution in [1.29, 1.82) is 0 Å². The lowest BCUT2D eigenvalue weighted by Crippen LogP contribution is -2.50. The van der Waals surface area contributed by atoms with E-state index < -0.39 is 87.0 Å². The van der Waals surface area contributed by atoms with Crippen molar-refractivity contribution in [3.05, 3.63) is 101 Å². The lowest BCUT2D eigenvalue weighted by Gasteiger charge is -2.30. The van der Waals surface area contributed by atoms with Crippen LogP contribution in [0.15, 0.2) is 83.9 Å². The maximum absolute atomic E-state index is 14.2.